The van der Waals surface area contributed by atoms with Gasteiger partial charge in [-0.25, -0.2) is 4.79 Å². The lowest BCUT2D eigenvalue weighted by Gasteiger charge is -2.20. The van der Waals surface area contributed by atoms with E-state index in [1.165, 1.54) is 24.5 Å². The molecule has 3 aromatic rings. The number of nitrogens with zero attached hydrogens (tertiary/aromatic N) is 2. The monoisotopic (exact) mass is 452 g/mol. The summed E-state index contributed by atoms with van der Waals surface area (Å²) in [4.78, 5) is 16.8. The Morgan fingerprint density at radius 3 is 2.61 bits per heavy atom. The molecule has 0 aliphatic heterocycles. The molecule has 0 saturated heterocycles. The van der Waals surface area contributed by atoms with E-state index in [9.17, 15) is 18.0 Å². The van der Waals surface area contributed by atoms with Crippen molar-refractivity contribution in [2.75, 3.05) is 0 Å². The fourth-order valence-electron chi connectivity index (χ4n) is 2.81. The average Bonchev–Trinajstić information content (AvgIpc) is 3.07. The second kappa shape index (κ2) is 8.18. The number of esters is 1. The van der Waals surface area contributed by atoms with Crippen molar-refractivity contribution >= 4 is 21.9 Å². The second-order valence-electron chi connectivity index (χ2n) is 6.02. The van der Waals surface area contributed by atoms with Crippen LogP contribution in [0.1, 0.15) is 40.2 Å². The molecule has 4 nitrogen and oxygen atoms in total. The van der Waals surface area contributed by atoms with Gasteiger partial charge in [0.2, 0.25) is 0 Å². The molecule has 8 heteroatoms. The molecule has 0 radical (unpaired) electrons. The Hall–Kier alpha value is -2.61. The van der Waals surface area contributed by atoms with Crippen LogP contribution in [0.5, 0.6) is 0 Å². The lowest BCUT2D eigenvalue weighted by molar-refractivity contribution is -0.137. The van der Waals surface area contributed by atoms with Gasteiger partial charge in [0.1, 0.15) is 5.69 Å². The summed E-state index contributed by atoms with van der Waals surface area (Å²) < 4.78 is 47.4. The maximum absolute atomic E-state index is 13.1. The van der Waals surface area contributed by atoms with Crippen LogP contribution >= 0.6 is 15.9 Å². The Kier molecular flexibility index (Phi) is 5.88. The quantitative estimate of drug-likeness (QED) is 0.471. The third kappa shape index (κ3) is 4.44. The van der Waals surface area contributed by atoms with Crippen molar-refractivity contribution in [1.82, 2.24) is 9.55 Å². The van der Waals surface area contributed by atoms with Gasteiger partial charge in [0.05, 0.1) is 5.56 Å². The third-order valence-electron chi connectivity index (χ3n) is 4.14. The van der Waals surface area contributed by atoms with Gasteiger partial charge in [-0.05, 0) is 52.7 Å². The van der Waals surface area contributed by atoms with Crippen LogP contribution in [0.4, 0.5) is 13.2 Å². The molecule has 0 saturated carbocycles. The molecule has 0 bridgehead atoms. The number of hydrogen-bond acceptors (Lipinski definition) is 3. The van der Waals surface area contributed by atoms with Crippen LogP contribution in [0.2, 0.25) is 0 Å². The lowest BCUT2D eigenvalue weighted by Crippen LogP contribution is -2.17. The fraction of sp³-hybridized carbons (Fsp3) is 0.200. The van der Waals surface area contributed by atoms with Crippen molar-refractivity contribution in [2.24, 2.45) is 0 Å². The van der Waals surface area contributed by atoms with E-state index >= 15 is 0 Å². The van der Waals surface area contributed by atoms with Gasteiger partial charge in [-0.15, -0.1) is 0 Å². The number of alkyl halides is 3. The number of rotatable bonds is 5. The summed E-state index contributed by atoms with van der Waals surface area (Å²) in [5.41, 5.74) is 0.179. The Balaban J connectivity index is 2.00. The molecule has 2 heterocycles. The number of halogens is 4. The minimum absolute atomic E-state index is 0.213. The maximum Gasteiger partial charge on any atom is 0.416 e. The van der Waals surface area contributed by atoms with Crippen molar-refractivity contribution in [3.63, 3.8) is 0 Å². The summed E-state index contributed by atoms with van der Waals surface area (Å²) in [6.45, 7) is 2.41. The predicted octanol–water partition coefficient (Wildman–Crippen LogP) is 5.63. The van der Waals surface area contributed by atoms with Gasteiger partial charge < -0.3 is 9.30 Å². The van der Waals surface area contributed by atoms with Crippen LogP contribution in [0, 0.1) is 0 Å². The van der Waals surface area contributed by atoms with E-state index in [-0.39, 0.29) is 5.56 Å². The second-order valence-corrected chi connectivity index (χ2v) is 6.94. The number of aryl methyl sites for hydroxylation is 1. The van der Waals surface area contributed by atoms with E-state index in [1.807, 2.05) is 6.92 Å². The number of ether oxygens (including phenoxy) is 1. The predicted molar refractivity (Wildman–Crippen MR) is 101 cm³/mol. The van der Waals surface area contributed by atoms with E-state index in [4.69, 9.17) is 4.74 Å². The van der Waals surface area contributed by atoms with Crippen LogP contribution in [-0.4, -0.2) is 15.5 Å². The smallest absolute Gasteiger partial charge is 0.416 e. The molecule has 1 aromatic carbocycles. The summed E-state index contributed by atoms with van der Waals surface area (Å²) in [6, 6.07) is 9.65. The first-order valence-electron chi connectivity index (χ1n) is 8.43. The molecule has 3 rings (SSSR count). The number of hydrogen-bond donors (Lipinski definition) is 0. The highest BCUT2D eigenvalue weighted by Crippen LogP contribution is 2.34. The molecule has 1 atom stereocenters. The largest absolute Gasteiger partial charge is 0.448 e. The number of pyridine rings is 1. The average molecular weight is 453 g/mol. The molecule has 1 unspecified atom stereocenters. The number of aromatic nitrogens is 2. The van der Waals surface area contributed by atoms with Crippen LogP contribution in [-0.2, 0) is 17.5 Å². The normalized spacial score (nSPS) is 12.6. The molecular formula is C20H16BrF3N2O2. The highest BCUT2D eigenvalue weighted by Gasteiger charge is 2.32. The molecule has 0 amide bonds. The van der Waals surface area contributed by atoms with Crippen LogP contribution in [0.15, 0.2) is 65.5 Å². The summed E-state index contributed by atoms with van der Waals surface area (Å²) in [5, 5.41) is 0. The summed E-state index contributed by atoms with van der Waals surface area (Å²) in [5.74, 6) is -0.640. The van der Waals surface area contributed by atoms with Crippen LogP contribution < -0.4 is 0 Å². The highest BCUT2D eigenvalue weighted by atomic mass is 79.9. The molecule has 28 heavy (non-hydrogen) atoms. The summed E-state index contributed by atoms with van der Waals surface area (Å²) >= 11 is 3.32. The molecule has 0 aliphatic rings. The van der Waals surface area contributed by atoms with Gasteiger partial charge in [0.25, 0.3) is 0 Å². The molecule has 0 aliphatic carbocycles. The van der Waals surface area contributed by atoms with E-state index in [0.29, 0.717) is 22.3 Å². The Morgan fingerprint density at radius 1 is 1.21 bits per heavy atom. The molecule has 0 fully saturated rings. The SMILES string of the molecule is CCn1cc(Br)cc1C(=O)OC(c1cccnc1)c1cccc(C(F)(F)F)c1. The maximum atomic E-state index is 13.1. The molecule has 0 spiro atoms. The zero-order valence-corrected chi connectivity index (χ0v) is 16.4. The first kappa shape index (κ1) is 20.1. The Labute approximate surface area is 168 Å². The number of carbonyl (C=O) groups excluding carboxylic acids is 1. The Morgan fingerprint density at radius 2 is 1.96 bits per heavy atom. The molecular weight excluding hydrogens is 437 g/mol. The topological polar surface area (TPSA) is 44.1 Å². The minimum Gasteiger partial charge on any atom is -0.448 e. The van der Waals surface area contributed by atoms with Gasteiger partial charge in [0, 0.05) is 35.2 Å². The highest BCUT2D eigenvalue weighted by molar-refractivity contribution is 9.10. The zero-order valence-electron chi connectivity index (χ0n) is 14.8. The third-order valence-corrected chi connectivity index (χ3v) is 4.58. The van der Waals surface area contributed by atoms with Crippen molar-refractivity contribution in [3.05, 3.63) is 87.9 Å². The van der Waals surface area contributed by atoms with E-state index < -0.39 is 23.8 Å². The van der Waals surface area contributed by atoms with Crippen molar-refractivity contribution < 1.29 is 22.7 Å². The minimum atomic E-state index is -4.50. The van der Waals surface area contributed by atoms with Gasteiger partial charge in [-0.2, -0.15) is 13.2 Å². The van der Waals surface area contributed by atoms with E-state index in [2.05, 4.69) is 20.9 Å². The fourth-order valence-corrected chi connectivity index (χ4v) is 3.28. The Bertz CT molecular complexity index is 971. The first-order valence-corrected chi connectivity index (χ1v) is 9.22. The van der Waals surface area contributed by atoms with Crippen molar-refractivity contribution in [2.45, 2.75) is 25.7 Å². The lowest BCUT2D eigenvalue weighted by atomic mass is 10.0. The van der Waals surface area contributed by atoms with Gasteiger partial charge in [-0.1, -0.05) is 18.2 Å². The molecule has 2 aromatic heterocycles. The van der Waals surface area contributed by atoms with Crippen molar-refractivity contribution in [3.8, 4) is 0 Å². The summed E-state index contributed by atoms with van der Waals surface area (Å²) in [6.07, 6.45) is -0.787. The summed E-state index contributed by atoms with van der Waals surface area (Å²) in [7, 11) is 0. The zero-order chi connectivity index (χ0) is 20.3. The molecule has 0 N–H and O–H groups in total. The van der Waals surface area contributed by atoms with Crippen LogP contribution in [0.25, 0.3) is 0 Å². The van der Waals surface area contributed by atoms with Gasteiger partial charge in [-0.3, -0.25) is 4.98 Å². The van der Waals surface area contributed by atoms with Crippen LogP contribution in [0.3, 0.4) is 0 Å². The van der Waals surface area contributed by atoms with E-state index in [1.54, 1.807) is 29.0 Å². The molecule has 146 valence electrons. The standard InChI is InChI=1S/C20H16BrF3N2O2/c1-2-26-12-16(21)10-17(26)19(27)28-18(14-6-4-8-25-11-14)13-5-3-7-15(9-13)20(22,23)24/h3-12,18H,2H2,1H3. The van der Waals surface area contributed by atoms with Gasteiger partial charge >= 0.3 is 12.1 Å². The first-order chi connectivity index (χ1) is 13.3. The van der Waals surface area contributed by atoms with Gasteiger partial charge in [0.15, 0.2) is 6.10 Å². The van der Waals surface area contributed by atoms with Crippen molar-refractivity contribution in [1.29, 1.82) is 0 Å². The van der Waals surface area contributed by atoms with E-state index in [0.717, 1.165) is 12.1 Å². The number of carbonyl (C=O) groups is 1. The number of benzene rings is 1.